The summed E-state index contributed by atoms with van der Waals surface area (Å²) in [5.41, 5.74) is -1.48. The lowest BCUT2D eigenvalue weighted by molar-refractivity contribution is 0.0696. The molecule has 1 unspecified atom stereocenters. The van der Waals surface area contributed by atoms with E-state index in [0.29, 0.717) is 11.3 Å². The number of carbonyl (C=O) groups is 1. The first kappa shape index (κ1) is 10.4. The lowest BCUT2D eigenvalue weighted by Crippen LogP contribution is -2.27. The van der Waals surface area contributed by atoms with Gasteiger partial charge < -0.3 is 5.11 Å². The van der Waals surface area contributed by atoms with E-state index in [4.69, 9.17) is 13.3 Å². The van der Waals surface area contributed by atoms with Gasteiger partial charge in [-0.2, -0.15) is 0 Å². The largest absolute Gasteiger partial charge is 0.478 e. The van der Waals surface area contributed by atoms with E-state index in [2.05, 4.69) is 16.8 Å². The Morgan fingerprint density at radius 2 is 2.17 bits per heavy atom. The van der Waals surface area contributed by atoms with Gasteiger partial charge in [-0.25, -0.2) is 9.78 Å². The SMILES string of the molecule is [2H]C([2H])([2H])C1(C([2H])([2H])[2H])CCS(=O)c2ccc(C#Cc3ccc(C(=O)O)cn3)cc21. The molecule has 0 aliphatic carbocycles. The van der Waals surface area contributed by atoms with Gasteiger partial charge in [0.05, 0.1) is 16.4 Å². The third-order valence-corrected chi connectivity index (χ3v) is 5.11. The number of hydrogen-bond donors (Lipinski definition) is 1. The highest BCUT2D eigenvalue weighted by Gasteiger charge is 2.31. The highest BCUT2D eigenvalue weighted by atomic mass is 32.2. The number of nitrogens with zero attached hydrogens (tertiary/aromatic N) is 1. The van der Waals surface area contributed by atoms with Crippen molar-refractivity contribution < 1.29 is 22.3 Å². The van der Waals surface area contributed by atoms with Gasteiger partial charge in [0.25, 0.3) is 0 Å². The average Bonchev–Trinajstić information content (AvgIpc) is 2.65. The van der Waals surface area contributed by atoms with E-state index in [1.165, 1.54) is 24.3 Å². The number of hydrogen-bond acceptors (Lipinski definition) is 3. The topological polar surface area (TPSA) is 67.3 Å². The van der Waals surface area contributed by atoms with E-state index in [9.17, 15) is 9.00 Å². The molecule has 2 aromatic rings. The van der Waals surface area contributed by atoms with Gasteiger partial charge >= 0.3 is 5.97 Å². The van der Waals surface area contributed by atoms with E-state index in [-0.39, 0.29) is 28.2 Å². The highest BCUT2D eigenvalue weighted by molar-refractivity contribution is 7.85. The third-order valence-electron chi connectivity index (χ3n) is 3.69. The quantitative estimate of drug-likeness (QED) is 0.807. The van der Waals surface area contributed by atoms with Crippen molar-refractivity contribution in [2.24, 2.45) is 0 Å². The smallest absolute Gasteiger partial charge is 0.337 e. The van der Waals surface area contributed by atoms with Gasteiger partial charge in [-0.15, -0.1) is 0 Å². The van der Waals surface area contributed by atoms with Gasteiger partial charge in [0.1, 0.15) is 5.69 Å². The van der Waals surface area contributed by atoms with Crippen LogP contribution >= 0.6 is 0 Å². The molecule has 1 aromatic carbocycles. The van der Waals surface area contributed by atoms with Gasteiger partial charge in [0, 0.05) is 30.6 Å². The van der Waals surface area contributed by atoms with Gasteiger partial charge in [0.2, 0.25) is 0 Å². The zero-order chi connectivity index (χ0) is 22.3. The molecule has 0 amide bonds. The van der Waals surface area contributed by atoms with Gasteiger partial charge in [0.15, 0.2) is 0 Å². The van der Waals surface area contributed by atoms with Crippen molar-refractivity contribution in [3.05, 3.63) is 58.9 Å². The minimum atomic E-state index is -2.84. The molecule has 0 saturated carbocycles. The van der Waals surface area contributed by atoms with Gasteiger partial charge in [-0.3, -0.25) is 4.21 Å². The number of rotatable bonds is 1. The molecule has 0 radical (unpaired) electrons. The Hall–Kier alpha value is -2.45. The van der Waals surface area contributed by atoms with Crippen molar-refractivity contribution in [3.8, 4) is 11.8 Å². The van der Waals surface area contributed by atoms with E-state index in [1.807, 2.05) is 0 Å². The Morgan fingerprint density at radius 1 is 1.33 bits per heavy atom. The van der Waals surface area contributed by atoms with Crippen molar-refractivity contribution in [1.29, 1.82) is 0 Å². The predicted octanol–water partition coefficient (Wildman–Crippen LogP) is 2.97. The van der Waals surface area contributed by atoms with Crippen molar-refractivity contribution in [2.45, 2.75) is 30.4 Å². The summed E-state index contributed by atoms with van der Waals surface area (Å²) in [6, 6.07) is 7.17. The van der Waals surface area contributed by atoms with Crippen LogP contribution in [0.3, 0.4) is 0 Å². The molecule has 0 saturated heterocycles. The van der Waals surface area contributed by atoms with E-state index < -0.39 is 35.9 Å². The zero-order valence-corrected chi connectivity index (χ0v) is 13.3. The fraction of sp³-hybridized carbons (Fsp3) is 0.263. The van der Waals surface area contributed by atoms with Crippen LogP contribution in [0.15, 0.2) is 41.4 Å². The van der Waals surface area contributed by atoms with Crippen molar-refractivity contribution >= 4 is 16.8 Å². The number of fused-ring (bicyclic) bond motifs is 1. The summed E-state index contributed by atoms with van der Waals surface area (Å²) in [5.74, 6) is 4.37. The molecule has 0 bridgehead atoms. The zero-order valence-electron chi connectivity index (χ0n) is 18.5. The number of carboxylic acids is 1. The van der Waals surface area contributed by atoms with E-state index in [1.54, 1.807) is 6.07 Å². The van der Waals surface area contributed by atoms with Crippen molar-refractivity contribution in [2.75, 3.05) is 5.75 Å². The summed E-state index contributed by atoms with van der Waals surface area (Å²) >= 11 is 0. The van der Waals surface area contributed by atoms with Crippen molar-refractivity contribution in [3.63, 3.8) is 0 Å². The number of pyridine rings is 1. The highest BCUT2D eigenvalue weighted by Crippen LogP contribution is 2.37. The van der Waals surface area contributed by atoms with Crippen LogP contribution in [-0.4, -0.2) is 26.0 Å². The van der Waals surface area contributed by atoms with E-state index >= 15 is 0 Å². The second-order valence-electron chi connectivity index (χ2n) is 5.40. The number of aromatic carboxylic acids is 1. The number of carboxylic acid groups (broad SMARTS) is 1. The fourth-order valence-corrected chi connectivity index (χ4v) is 3.77. The molecule has 1 aliphatic heterocycles. The Kier molecular flexibility index (Phi) is 2.70. The molecule has 24 heavy (non-hydrogen) atoms. The van der Waals surface area contributed by atoms with Crippen LogP contribution < -0.4 is 0 Å². The van der Waals surface area contributed by atoms with Crippen LogP contribution in [-0.2, 0) is 16.2 Å². The van der Waals surface area contributed by atoms with Crippen LogP contribution in [0.4, 0.5) is 0 Å². The van der Waals surface area contributed by atoms with Crippen LogP contribution in [0.1, 0.15) is 55.5 Å². The minimum Gasteiger partial charge on any atom is -0.478 e. The first-order valence-electron chi connectivity index (χ1n) is 10.1. The summed E-state index contributed by atoms with van der Waals surface area (Å²) < 4.78 is 60.3. The third kappa shape index (κ3) is 3.24. The second kappa shape index (κ2) is 6.21. The summed E-state index contributed by atoms with van der Waals surface area (Å²) in [7, 11) is -1.50. The Bertz CT molecular complexity index is 1070. The van der Waals surface area contributed by atoms with E-state index in [0.717, 1.165) is 6.20 Å². The molecule has 122 valence electrons. The molecular weight excluding hydrogens is 322 g/mol. The molecule has 4 nitrogen and oxygen atoms in total. The van der Waals surface area contributed by atoms with Crippen LogP contribution in [0.5, 0.6) is 0 Å². The normalized spacial score (nSPS) is 22.9. The van der Waals surface area contributed by atoms with Gasteiger partial charge in [-0.05, 0) is 53.7 Å². The van der Waals surface area contributed by atoms with Crippen LogP contribution in [0, 0.1) is 11.8 Å². The first-order valence-corrected chi connectivity index (χ1v) is 8.43. The molecule has 1 aromatic heterocycles. The van der Waals surface area contributed by atoms with Crippen LogP contribution in [0.25, 0.3) is 0 Å². The summed E-state index contributed by atoms with van der Waals surface area (Å²) in [6.45, 7) is -5.67. The molecule has 1 N–H and O–H groups in total. The maximum Gasteiger partial charge on any atom is 0.337 e. The molecule has 0 fully saturated rings. The first-order chi connectivity index (χ1) is 13.9. The lowest BCUT2D eigenvalue weighted by Gasteiger charge is -2.31. The minimum absolute atomic E-state index is 0.00747. The fourth-order valence-electron chi connectivity index (χ4n) is 2.36. The summed E-state index contributed by atoms with van der Waals surface area (Å²) in [4.78, 5) is 15.0. The van der Waals surface area contributed by atoms with Crippen LogP contribution in [0.2, 0.25) is 0 Å². The van der Waals surface area contributed by atoms with Crippen molar-refractivity contribution in [1.82, 2.24) is 4.98 Å². The molecule has 1 atom stereocenters. The molecule has 3 rings (SSSR count). The Morgan fingerprint density at radius 3 is 2.83 bits per heavy atom. The summed E-state index contributed by atoms with van der Waals surface area (Å²) in [5, 5.41) is 8.91. The monoisotopic (exact) mass is 345 g/mol. The van der Waals surface area contributed by atoms with Gasteiger partial charge in [-0.1, -0.05) is 19.6 Å². The number of benzene rings is 1. The molecular formula is C19H17NO3S. The standard InChI is InChI=1S/C19H17NO3S/c1-19(2)9-10-24(23)17-8-4-13(11-16(17)19)3-6-15-7-5-14(12-20-15)18(21)22/h4-5,7-8,11-12H,9-10H2,1-2H3,(H,21,22)/i1D3,2D3. The number of aromatic nitrogens is 1. The molecule has 0 spiro atoms. The second-order valence-corrected chi connectivity index (χ2v) is 6.94. The maximum absolute atomic E-state index is 12.5. The maximum atomic E-state index is 12.5. The Balaban J connectivity index is 2.11. The Labute approximate surface area is 151 Å². The molecule has 5 heteroatoms. The average molecular weight is 345 g/mol. The summed E-state index contributed by atoms with van der Waals surface area (Å²) in [6.07, 6.45) is 0.908. The predicted molar refractivity (Wildman–Crippen MR) is 92.5 cm³/mol. The molecule has 1 aliphatic rings. The molecule has 2 heterocycles. The lowest BCUT2D eigenvalue weighted by atomic mass is 9.81.